The van der Waals surface area contributed by atoms with Gasteiger partial charge in [0.1, 0.15) is 11.5 Å². The molecule has 1 saturated heterocycles. The topological polar surface area (TPSA) is 71.5 Å². The number of hydrogen-bond donors (Lipinski definition) is 1. The summed E-state index contributed by atoms with van der Waals surface area (Å²) in [6, 6.07) is 8.01. The molecule has 1 aliphatic heterocycles. The van der Waals surface area contributed by atoms with Crippen molar-refractivity contribution < 1.29 is 18.7 Å². The Morgan fingerprint density at radius 3 is 2.92 bits per heavy atom. The van der Waals surface area contributed by atoms with Gasteiger partial charge in [0.05, 0.1) is 18.7 Å². The first-order chi connectivity index (χ1) is 12.0. The van der Waals surface area contributed by atoms with Crippen molar-refractivity contribution in [2.24, 2.45) is 5.92 Å². The van der Waals surface area contributed by atoms with Gasteiger partial charge in [-0.05, 0) is 36.8 Å². The van der Waals surface area contributed by atoms with Crippen LogP contribution in [-0.2, 0) is 9.59 Å². The number of hydrogen-bond acceptors (Lipinski definition) is 4. The SMILES string of the molecule is COc1ncccc1NC(=O)[C@H]1CC(=O)N(c2ccc(C)cc2F)C1. The maximum atomic E-state index is 14.1. The van der Waals surface area contributed by atoms with Crippen LogP contribution in [0.15, 0.2) is 36.5 Å². The number of carbonyl (C=O) groups is 2. The van der Waals surface area contributed by atoms with Gasteiger partial charge in [0.15, 0.2) is 0 Å². The highest BCUT2D eigenvalue weighted by Crippen LogP contribution is 2.29. The van der Waals surface area contributed by atoms with Gasteiger partial charge in [-0.15, -0.1) is 0 Å². The number of rotatable bonds is 4. The molecule has 130 valence electrons. The minimum absolute atomic E-state index is 0.0295. The first-order valence-electron chi connectivity index (χ1n) is 7.86. The lowest BCUT2D eigenvalue weighted by atomic mass is 10.1. The Balaban J connectivity index is 1.74. The Kier molecular flexibility index (Phi) is 4.65. The fourth-order valence-corrected chi connectivity index (χ4v) is 2.83. The van der Waals surface area contributed by atoms with E-state index in [4.69, 9.17) is 4.74 Å². The highest BCUT2D eigenvalue weighted by Gasteiger charge is 2.36. The molecule has 7 heteroatoms. The average Bonchev–Trinajstić information content (AvgIpc) is 2.97. The quantitative estimate of drug-likeness (QED) is 0.926. The van der Waals surface area contributed by atoms with Gasteiger partial charge in [0, 0.05) is 19.2 Å². The molecule has 0 saturated carbocycles. The second kappa shape index (κ2) is 6.88. The summed E-state index contributed by atoms with van der Waals surface area (Å²) in [6.45, 7) is 1.91. The van der Waals surface area contributed by atoms with Crippen molar-refractivity contribution in [1.82, 2.24) is 4.98 Å². The van der Waals surface area contributed by atoms with E-state index in [1.54, 1.807) is 37.4 Å². The molecule has 0 unspecified atom stereocenters. The van der Waals surface area contributed by atoms with Gasteiger partial charge in [0.2, 0.25) is 17.7 Å². The predicted octanol–water partition coefficient (Wildman–Crippen LogP) is 2.53. The Morgan fingerprint density at radius 2 is 2.20 bits per heavy atom. The van der Waals surface area contributed by atoms with Gasteiger partial charge in [-0.25, -0.2) is 9.37 Å². The van der Waals surface area contributed by atoms with Crippen LogP contribution in [0.3, 0.4) is 0 Å². The molecule has 3 rings (SSSR count). The van der Waals surface area contributed by atoms with E-state index in [0.29, 0.717) is 11.6 Å². The largest absolute Gasteiger partial charge is 0.480 e. The molecule has 2 aromatic rings. The van der Waals surface area contributed by atoms with Gasteiger partial charge in [-0.3, -0.25) is 9.59 Å². The van der Waals surface area contributed by atoms with E-state index in [1.165, 1.54) is 18.1 Å². The first kappa shape index (κ1) is 16.9. The lowest BCUT2D eigenvalue weighted by molar-refractivity contribution is -0.122. The summed E-state index contributed by atoms with van der Waals surface area (Å²) in [5.41, 5.74) is 1.40. The van der Waals surface area contributed by atoms with Gasteiger partial charge >= 0.3 is 0 Å². The lowest BCUT2D eigenvalue weighted by Crippen LogP contribution is -2.28. The number of amides is 2. The monoisotopic (exact) mass is 343 g/mol. The molecule has 0 bridgehead atoms. The molecular formula is C18H18FN3O3. The number of halogens is 1. The summed E-state index contributed by atoms with van der Waals surface area (Å²) < 4.78 is 19.2. The van der Waals surface area contributed by atoms with Crippen molar-refractivity contribution in [2.45, 2.75) is 13.3 Å². The van der Waals surface area contributed by atoms with Crippen molar-refractivity contribution in [2.75, 3.05) is 23.9 Å². The van der Waals surface area contributed by atoms with Crippen LogP contribution in [-0.4, -0.2) is 30.5 Å². The van der Waals surface area contributed by atoms with Crippen LogP contribution < -0.4 is 15.0 Å². The number of anilines is 2. The van der Waals surface area contributed by atoms with Crippen molar-refractivity contribution >= 4 is 23.2 Å². The zero-order chi connectivity index (χ0) is 18.0. The standard InChI is InChI=1S/C18H18FN3O3/c1-11-5-6-15(13(19)8-11)22-10-12(9-16(22)23)17(24)21-14-4-3-7-20-18(14)25-2/h3-8,12H,9-10H2,1-2H3,(H,21,24)/t12-/m0/s1. The Morgan fingerprint density at radius 1 is 1.40 bits per heavy atom. The Hall–Kier alpha value is -2.96. The summed E-state index contributed by atoms with van der Waals surface area (Å²) >= 11 is 0. The van der Waals surface area contributed by atoms with Crippen LogP contribution in [0, 0.1) is 18.7 Å². The normalized spacial score (nSPS) is 16.8. The van der Waals surface area contributed by atoms with Crippen LogP contribution in [0.1, 0.15) is 12.0 Å². The van der Waals surface area contributed by atoms with Gasteiger partial charge < -0.3 is 15.0 Å². The van der Waals surface area contributed by atoms with Gasteiger partial charge in [-0.1, -0.05) is 6.07 Å². The van der Waals surface area contributed by atoms with Crippen LogP contribution in [0.4, 0.5) is 15.8 Å². The second-order valence-electron chi connectivity index (χ2n) is 5.91. The molecular weight excluding hydrogens is 325 g/mol. The van der Waals surface area contributed by atoms with Crippen LogP contribution in [0.2, 0.25) is 0 Å². The Labute approximate surface area is 144 Å². The molecule has 2 heterocycles. The number of pyridine rings is 1. The fraction of sp³-hybridized carbons (Fsp3) is 0.278. The van der Waals surface area contributed by atoms with Crippen molar-refractivity contribution in [1.29, 1.82) is 0 Å². The molecule has 2 amide bonds. The van der Waals surface area contributed by atoms with E-state index < -0.39 is 11.7 Å². The third kappa shape index (κ3) is 3.45. The number of methoxy groups -OCH3 is 1. The molecule has 6 nitrogen and oxygen atoms in total. The maximum absolute atomic E-state index is 14.1. The Bertz CT molecular complexity index is 825. The van der Waals surface area contributed by atoms with E-state index in [-0.39, 0.29) is 30.5 Å². The van der Waals surface area contributed by atoms with Crippen molar-refractivity contribution in [3.63, 3.8) is 0 Å². The third-order valence-electron chi connectivity index (χ3n) is 4.11. The van der Waals surface area contributed by atoms with Crippen LogP contribution in [0.25, 0.3) is 0 Å². The summed E-state index contributed by atoms with van der Waals surface area (Å²) in [7, 11) is 1.46. The second-order valence-corrected chi connectivity index (χ2v) is 5.91. The third-order valence-corrected chi connectivity index (χ3v) is 4.11. The van der Waals surface area contributed by atoms with E-state index in [0.717, 1.165) is 5.56 Å². The van der Waals surface area contributed by atoms with Crippen LogP contribution in [0.5, 0.6) is 5.88 Å². The molecule has 1 N–H and O–H groups in total. The summed E-state index contributed by atoms with van der Waals surface area (Å²) in [4.78, 5) is 30.1. The average molecular weight is 343 g/mol. The zero-order valence-electron chi connectivity index (χ0n) is 14.0. The fourth-order valence-electron chi connectivity index (χ4n) is 2.83. The molecule has 1 aliphatic rings. The van der Waals surface area contributed by atoms with E-state index in [2.05, 4.69) is 10.3 Å². The maximum Gasteiger partial charge on any atom is 0.237 e. The molecule has 0 spiro atoms. The van der Waals surface area contributed by atoms with E-state index >= 15 is 0 Å². The summed E-state index contributed by atoms with van der Waals surface area (Å²) in [5, 5.41) is 2.72. The van der Waals surface area contributed by atoms with Crippen LogP contribution >= 0.6 is 0 Å². The molecule has 1 aromatic heterocycles. The minimum Gasteiger partial charge on any atom is -0.480 e. The van der Waals surface area contributed by atoms with Gasteiger partial charge in [0.25, 0.3) is 0 Å². The highest BCUT2D eigenvalue weighted by molar-refractivity contribution is 6.03. The molecule has 1 fully saturated rings. The number of nitrogens with zero attached hydrogens (tertiary/aromatic N) is 2. The molecule has 0 radical (unpaired) electrons. The summed E-state index contributed by atoms with van der Waals surface area (Å²) in [5.74, 6) is -1.35. The molecule has 1 aromatic carbocycles. The number of nitrogens with one attached hydrogen (secondary N) is 1. The van der Waals surface area contributed by atoms with Crippen molar-refractivity contribution in [3.05, 3.63) is 47.9 Å². The summed E-state index contributed by atoms with van der Waals surface area (Å²) in [6.07, 6.45) is 1.58. The molecule has 25 heavy (non-hydrogen) atoms. The minimum atomic E-state index is -0.571. The highest BCUT2D eigenvalue weighted by atomic mass is 19.1. The number of benzene rings is 1. The number of aryl methyl sites for hydroxylation is 1. The number of carbonyl (C=O) groups excluding carboxylic acids is 2. The van der Waals surface area contributed by atoms with Gasteiger partial charge in [-0.2, -0.15) is 0 Å². The zero-order valence-corrected chi connectivity index (χ0v) is 14.0. The lowest BCUT2D eigenvalue weighted by Gasteiger charge is -2.18. The number of ether oxygens (including phenoxy) is 1. The first-order valence-corrected chi connectivity index (χ1v) is 7.86. The molecule has 0 aliphatic carbocycles. The van der Waals surface area contributed by atoms with E-state index in [9.17, 15) is 14.0 Å². The number of aromatic nitrogens is 1. The smallest absolute Gasteiger partial charge is 0.237 e. The molecule has 1 atom stereocenters. The van der Waals surface area contributed by atoms with Crippen molar-refractivity contribution in [3.8, 4) is 5.88 Å². The predicted molar refractivity (Wildman–Crippen MR) is 91.0 cm³/mol. The van der Waals surface area contributed by atoms with E-state index in [1.807, 2.05) is 0 Å².